The van der Waals surface area contributed by atoms with Gasteiger partial charge >= 0.3 is 0 Å². The molecular formula is C16H23NO. The number of hydrogen-bond acceptors (Lipinski definition) is 2. The topological polar surface area (TPSA) is 21.3 Å². The molecule has 0 fully saturated rings. The Hall–Kier alpha value is -1.30. The monoisotopic (exact) mass is 245 g/mol. The van der Waals surface area contributed by atoms with Crippen molar-refractivity contribution < 1.29 is 4.74 Å². The second kappa shape index (κ2) is 9.70. The molecule has 0 amide bonds. The van der Waals surface area contributed by atoms with Gasteiger partial charge < -0.3 is 10.1 Å². The van der Waals surface area contributed by atoms with E-state index in [-0.39, 0.29) is 0 Å². The lowest BCUT2D eigenvalue weighted by Crippen LogP contribution is -2.17. The van der Waals surface area contributed by atoms with Crippen molar-refractivity contribution in [3.8, 4) is 11.8 Å². The van der Waals surface area contributed by atoms with Crippen molar-refractivity contribution in [1.82, 2.24) is 5.32 Å². The summed E-state index contributed by atoms with van der Waals surface area (Å²) in [5, 5.41) is 3.29. The summed E-state index contributed by atoms with van der Waals surface area (Å²) in [6, 6.07) is 10.0. The van der Waals surface area contributed by atoms with Crippen LogP contribution in [0.3, 0.4) is 0 Å². The molecule has 1 aromatic rings. The van der Waals surface area contributed by atoms with Crippen LogP contribution in [0, 0.1) is 17.8 Å². The van der Waals surface area contributed by atoms with E-state index in [1.54, 1.807) is 0 Å². The van der Waals surface area contributed by atoms with Crippen LogP contribution in [-0.4, -0.2) is 26.3 Å². The predicted octanol–water partition coefficient (Wildman–Crippen LogP) is 2.69. The van der Waals surface area contributed by atoms with Crippen LogP contribution in [0.4, 0.5) is 0 Å². The highest BCUT2D eigenvalue weighted by Gasteiger charge is 1.92. The molecule has 2 heteroatoms. The maximum absolute atomic E-state index is 5.49. The lowest BCUT2D eigenvalue weighted by molar-refractivity contribution is 0.108. The molecule has 18 heavy (non-hydrogen) atoms. The van der Waals surface area contributed by atoms with Crippen molar-refractivity contribution in [3.63, 3.8) is 0 Å². The molecule has 1 rings (SSSR count). The van der Waals surface area contributed by atoms with Crippen LogP contribution in [0.2, 0.25) is 0 Å². The van der Waals surface area contributed by atoms with E-state index in [0.29, 0.717) is 5.92 Å². The zero-order valence-corrected chi connectivity index (χ0v) is 11.4. The van der Waals surface area contributed by atoms with Gasteiger partial charge in [0.25, 0.3) is 0 Å². The van der Waals surface area contributed by atoms with E-state index in [1.165, 1.54) is 0 Å². The third kappa shape index (κ3) is 7.89. The average molecular weight is 245 g/mol. The lowest BCUT2D eigenvalue weighted by atomic mass is 10.2. The van der Waals surface area contributed by atoms with Crippen LogP contribution in [0.1, 0.15) is 25.8 Å². The van der Waals surface area contributed by atoms with E-state index in [4.69, 9.17) is 4.74 Å². The van der Waals surface area contributed by atoms with E-state index < -0.39 is 0 Å². The number of ether oxygens (including phenoxy) is 1. The largest absolute Gasteiger partial charge is 0.381 e. The Morgan fingerprint density at radius 1 is 1.22 bits per heavy atom. The average Bonchev–Trinajstić information content (AvgIpc) is 2.37. The quantitative estimate of drug-likeness (QED) is 0.589. The van der Waals surface area contributed by atoms with Gasteiger partial charge in [-0.15, -0.1) is 0 Å². The Morgan fingerprint density at radius 2 is 2.00 bits per heavy atom. The zero-order chi connectivity index (χ0) is 13.1. The maximum Gasteiger partial charge on any atom is 0.0580 e. The maximum atomic E-state index is 5.49. The van der Waals surface area contributed by atoms with Crippen LogP contribution in [0.15, 0.2) is 30.3 Å². The first kappa shape index (κ1) is 14.8. The fourth-order valence-corrected chi connectivity index (χ4v) is 1.44. The normalized spacial score (nSPS) is 10.2. The van der Waals surface area contributed by atoms with Gasteiger partial charge in [-0.05, 0) is 31.0 Å². The van der Waals surface area contributed by atoms with Crippen LogP contribution in [0.5, 0.6) is 0 Å². The predicted molar refractivity (Wildman–Crippen MR) is 76.5 cm³/mol. The van der Waals surface area contributed by atoms with Gasteiger partial charge in [0.1, 0.15) is 0 Å². The summed E-state index contributed by atoms with van der Waals surface area (Å²) in [7, 11) is 0. The highest BCUT2D eigenvalue weighted by Crippen LogP contribution is 1.94. The van der Waals surface area contributed by atoms with Crippen LogP contribution < -0.4 is 5.32 Å². The zero-order valence-electron chi connectivity index (χ0n) is 11.4. The summed E-state index contributed by atoms with van der Waals surface area (Å²) in [6.45, 7) is 7.71. The molecule has 0 radical (unpaired) electrons. The third-order valence-electron chi connectivity index (χ3n) is 2.31. The smallest absolute Gasteiger partial charge is 0.0580 e. The first-order chi connectivity index (χ1) is 8.79. The molecule has 0 aliphatic carbocycles. The van der Waals surface area contributed by atoms with Gasteiger partial charge in [0.15, 0.2) is 0 Å². The summed E-state index contributed by atoms with van der Waals surface area (Å²) < 4.78 is 5.49. The van der Waals surface area contributed by atoms with Crippen molar-refractivity contribution in [2.75, 3.05) is 26.3 Å². The summed E-state index contributed by atoms with van der Waals surface area (Å²) in [5.41, 5.74) is 1.07. The van der Waals surface area contributed by atoms with Crippen molar-refractivity contribution in [2.24, 2.45) is 5.92 Å². The van der Waals surface area contributed by atoms with Gasteiger partial charge in [-0.2, -0.15) is 0 Å². The molecule has 1 N–H and O–H groups in total. The molecule has 0 heterocycles. The molecular weight excluding hydrogens is 222 g/mol. The van der Waals surface area contributed by atoms with Crippen LogP contribution >= 0.6 is 0 Å². The summed E-state index contributed by atoms with van der Waals surface area (Å²) in [4.78, 5) is 0. The fraction of sp³-hybridized carbons (Fsp3) is 0.500. The third-order valence-corrected chi connectivity index (χ3v) is 2.31. The number of benzene rings is 1. The van der Waals surface area contributed by atoms with E-state index in [1.807, 2.05) is 30.3 Å². The first-order valence-electron chi connectivity index (χ1n) is 6.61. The Bertz CT molecular complexity index is 362. The Labute approximate surface area is 111 Å². The second-order valence-corrected chi connectivity index (χ2v) is 4.67. The van der Waals surface area contributed by atoms with Gasteiger partial charge in [0.2, 0.25) is 0 Å². The lowest BCUT2D eigenvalue weighted by Gasteiger charge is -2.06. The van der Waals surface area contributed by atoms with Crippen molar-refractivity contribution >= 4 is 0 Å². The molecule has 98 valence electrons. The Morgan fingerprint density at radius 3 is 2.72 bits per heavy atom. The van der Waals surface area contributed by atoms with E-state index >= 15 is 0 Å². The molecule has 0 aliphatic heterocycles. The van der Waals surface area contributed by atoms with Gasteiger partial charge in [-0.1, -0.05) is 43.9 Å². The minimum absolute atomic E-state index is 0.620. The van der Waals surface area contributed by atoms with E-state index in [0.717, 1.165) is 38.3 Å². The van der Waals surface area contributed by atoms with Gasteiger partial charge in [-0.3, -0.25) is 0 Å². The molecule has 0 unspecified atom stereocenters. The molecule has 1 aromatic carbocycles. The molecule has 0 aromatic heterocycles. The SMILES string of the molecule is CC(C)COCCCNCC#Cc1ccccc1. The molecule has 0 saturated carbocycles. The Balaban J connectivity index is 1.98. The number of nitrogens with one attached hydrogen (secondary N) is 1. The van der Waals surface area contributed by atoms with E-state index in [9.17, 15) is 0 Å². The van der Waals surface area contributed by atoms with E-state index in [2.05, 4.69) is 31.0 Å². The summed E-state index contributed by atoms with van der Waals surface area (Å²) >= 11 is 0. The number of hydrogen-bond donors (Lipinski definition) is 1. The number of rotatable bonds is 7. The summed E-state index contributed by atoms with van der Waals surface area (Å²) in [6.07, 6.45) is 1.04. The van der Waals surface area contributed by atoms with Crippen molar-refractivity contribution in [3.05, 3.63) is 35.9 Å². The highest BCUT2D eigenvalue weighted by atomic mass is 16.5. The first-order valence-corrected chi connectivity index (χ1v) is 6.61. The van der Waals surface area contributed by atoms with Gasteiger partial charge in [0.05, 0.1) is 6.54 Å². The van der Waals surface area contributed by atoms with Gasteiger partial charge in [0, 0.05) is 18.8 Å². The van der Waals surface area contributed by atoms with Crippen molar-refractivity contribution in [2.45, 2.75) is 20.3 Å². The molecule has 0 bridgehead atoms. The molecule has 2 nitrogen and oxygen atoms in total. The second-order valence-electron chi connectivity index (χ2n) is 4.67. The fourth-order valence-electron chi connectivity index (χ4n) is 1.44. The Kier molecular flexibility index (Phi) is 7.96. The summed E-state index contributed by atoms with van der Waals surface area (Å²) in [5.74, 6) is 6.85. The molecule has 0 aliphatic rings. The minimum atomic E-state index is 0.620. The standard InChI is InChI=1S/C16H23NO/c1-15(2)14-18-13-7-12-17-11-6-10-16-8-4-3-5-9-16/h3-5,8-9,15,17H,7,11-14H2,1-2H3. The van der Waals surface area contributed by atoms with Crippen molar-refractivity contribution in [1.29, 1.82) is 0 Å². The van der Waals surface area contributed by atoms with Gasteiger partial charge in [-0.25, -0.2) is 0 Å². The van der Waals surface area contributed by atoms with Crippen LogP contribution in [0.25, 0.3) is 0 Å². The molecule has 0 atom stereocenters. The molecule has 0 spiro atoms. The van der Waals surface area contributed by atoms with Crippen LogP contribution in [-0.2, 0) is 4.74 Å². The highest BCUT2D eigenvalue weighted by molar-refractivity contribution is 5.33. The minimum Gasteiger partial charge on any atom is -0.381 e. The molecule has 0 saturated heterocycles.